The van der Waals surface area contributed by atoms with Crippen LogP contribution in [0.4, 0.5) is 0 Å². The van der Waals surface area contributed by atoms with Crippen molar-refractivity contribution in [1.29, 1.82) is 0 Å². The Hall–Kier alpha value is -0.570. The second-order valence-corrected chi connectivity index (χ2v) is 6.30. The zero-order chi connectivity index (χ0) is 12.7. The quantitative estimate of drug-likeness (QED) is 0.800. The lowest BCUT2D eigenvalue weighted by Gasteiger charge is -2.35. The van der Waals surface area contributed by atoms with Gasteiger partial charge in [-0.3, -0.25) is 10.1 Å². The third-order valence-corrected chi connectivity index (χ3v) is 4.76. The molecule has 5 atom stereocenters. The highest BCUT2D eigenvalue weighted by Gasteiger charge is 2.45. The first-order chi connectivity index (χ1) is 7.93. The smallest absolute Gasteiger partial charge is 0.240 e. The Morgan fingerprint density at radius 2 is 1.88 bits per heavy atom. The minimum absolute atomic E-state index is 0.00879. The molecule has 0 aromatic carbocycles. The fraction of sp³-hybridized carbons (Fsp3) is 0.929. The van der Waals surface area contributed by atoms with Gasteiger partial charge in [0.1, 0.15) is 0 Å². The van der Waals surface area contributed by atoms with E-state index in [9.17, 15) is 4.79 Å². The number of carbonyl (C=O) groups is 1. The molecule has 3 heteroatoms. The van der Waals surface area contributed by atoms with Crippen LogP contribution in [0.2, 0.25) is 0 Å². The van der Waals surface area contributed by atoms with Gasteiger partial charge in [-0.05, 0) is 37.5 Å². The molecular formula is C14H26N2O. The summed E-state index contributed by atoms with van der Waals surface area (Å²) in [5.41, 5.74) is 0. The number of amides is 1. The average molecular weight is 238 g/mol. The lowest BCUT2D eigenvalue weighted by Crippen LogP contribution is -2.48. The Bertz CT molecular complexity index is 303. The maximum absolute atomic E-state index is 12.3. The standard InChI is InChI=1S/C14H26N2O/c1-8(2)13-15-11(5)14(17)16(13)12-7-6-9(3)10(12)4/h8-13,15H,6-7H2,1-5H3. The molecule has 1 amide bonds. The average Bonchev–Trinajstić information content (AvgIpc) is 2.73. The van der Waals surface area contributed by atoms with Crippen LogP contribution in [0.3, 0.4) is 0 Å². The molecule has 1 heterocycles. The first-order valence-electron chi connectivity index (χ1n) is 7.01. The van der Waals surface area contributed by atoms with Crippen molar-refractivity contribution in [3.8, 4) is 0 Å². The fourth-order valence-corrected chi connectivity index (χ4v) is 3.38. The van der Waals surface area contributed by atoms with E-state index in [1.54, 1.807) is 0 Å². The van der Waals surface area contributed by atoms with E-state index in [0.717, 1.165) is 5.92 Å². The highest BCUT2D eigenvalue weighted by molar-refractivity contribution is 5.84. The molecule has 0 spiro atoms. The van der Waals surface area contributed by atoms with Crippen LogP contribution >= 0.6 is 0 Å². The molecule has 17 heavy (non-hydrogen) atoms. The van der Waals surface area contributed by atoms with Crippen molar-refractivity contribution >= 4 is 5.91 Å². The van der Waals surface area contributed by atoms with Gasteiger partial charge in [0.25, 0.3) is 0 Å². The lowest BCUT2D eigenvalue weighted by atomic mass is 9.95. The molecule has 0 aromatic rings. The summed E-state index contributed by atoms with van der Waals surface area (Å²) >= 11 is 0. The topological polar surface area (TPSA) is 32.3 Å². The van der Waals surface area contributed by atoms with E-state index >= 15 is 0 Å². The number of nitrogens with zero attached hydrogens (tertiary/aromatic N) is 1. The lowest BCUT2D eigenvalue weighted by molar-refractivity contribution is -0.133. The molecule has 5 unspecified atom stereocenters. The zero-order valence-corrected chi connectivity index (χ0v) is 11.7. The van der Waals surface area contributed by atoms with Crippen LogP contribution in [0.1, 0.15) is 47.5 Å². The van der Waals surface area contributed by atoms with Crippen molar-refractivity contribution in [2.75, 3.05) is 0 Å². The number of hydrogen-bond donors (Lipinski definition) is 1. The minimum Gasteiger partial charge on any atom is -0.322 e. The summed E-state index contributed by atoms with van der Waals surface area (Å²) in [6.45, 7) is 11.0. The maximum Gasteiger partial charge on any atom is 0.240 e. The van der Waals surface area contributed by atoms with Gasteiger partial charge in [-0.1, -0.05) is 27.7 Å². The van der Waals surface area contributed by atoms with Gasteiger partial charge >= 0.3 is 0 Å². The van der Waals surface area contributed by atoms with Crippen molar-refractivity contribution in [2.45, 2.75) is 65.7 Å². The molecule has 1 aliphatic heterocycles. The predicted octanol–water partition coefficient (Wildman–Crippen LogP) is 2.22. The Morgan fingerprint density at radius 1 is 1.24 bits per heavy atom. The molecule has 2 aliphatic rings. The summed E-state index contributed by atoms with van der Waals surface area (Å²) < 4.78 is 0. The Labute approximate surface area is 105 Å². The van der Waals surface area contributed by atoms with Crippen molar-refractivity contribution in [1.82, 2.24) is 10.2 Å². The Kier molecular flexibility index (Phi) is 3.48. The Balaban J connectivity index is 2.20. The van der Waals surface area contributed by atoms with E-state index in [-0.39, 0.29) is 12.2 Å². The summed E-state index contributed by atoms with van der Waals surface area (Å²) in [6.07, 6.45) is 2.66. The van der Waals surface area contributed by atoms with Crippen LogP contribution in [0.5, 0.6) is 0 Å². The molecule has 1 saturated heterocycles. The first-order valence-corrected chi connectivity index (χ1v) is 7.01. The van der Waals surface area contributed by atoms with Crippen molar-refractivity contribution < 1.29 is 4.79 Å². The van der Waals surface area contributed by atoms with Crippen molar-refractivity contribution in [3.63, 3.8) is 0 Å². The molecule has 0 bridgehead atoms. The van der Waals surface area contributed by atoms with Crippen LogP contribution in [-0.4, -0.2) is 29.1 Å². The SMILES string of the molecule is CC1NC(C(C)C)N(C2CCC(C)C2C)C1=O. The van der Waals surface area contributed by atoms with Gasteiger partial charge < -0.3 is 4.90 Å². The molecule has 1 saturated carbocycles. The molecule has 3 nitrogen and oxygen atoms in total. The van der Waals surface area contributed by atoms with E-state index in [0.29, 0.717) is 23.8 Å². The first kappa shape index (κ1) is 12.9. The molecule has 98 valence electrons. The second-order valence-electron chi connectivity index (χ2n) is 6.30. The van der Waals surface area contributed by atoms with Gasteiger partial charge in [0.15, 0.2) is 0 Å². The molecule has 0 radical (unpaired) electrons. The van der Waals surface area contributed by atoms with Crippen LogP contribution in [0.25, 0.3) is 0 Å². The van der Waals surface area contributed by atoms with E-state index in [4.69, 9.17) is 0 Å². The van der Waals surface area contributed by atoms with Gasteiger partial charge in [0.05, 0.1) is 12.2 Å². The summed E-state index contributed by atoms with van der Waals surface area (Å²) in [5, 5.41) is 3.44. The molecule has 2 fully saturated rings. The van der Waals surface area contributed by atoms with E-state index in [1.165, 1.54) is 12.8 Å². The highest BCUT2D eigenvalue weighted by atomic mass is 16.2. The van der Waals surface area contributed by atoms with Crippen LogP contribution < -0.4 is 5.32 Å². The normalized spacial score (nSPS) is 42.8. The maximum atomic E-state index is 12.3. The molecule has 0 aromatic heterocycles. The minimum atomic E-state index is -0.00879. The zero-order valence-electron chi connectivity index (χ0n) is 11.7. The van der Waals surface area contributed by atoms with Gasteiger partial charge in [0, 0.05) is 6.04 Å². The summed E-state index contributed by atoms with van der Waals surface area (Å²) in [6, 6.07) is 0.438. The molecule has 2 rings (SSSR count). The largest absolute Gasteiger partial charge is 0.322 e. The fourth-order valence-electron chi connectivity index (χ4n) is 3.38. The number of hydrogen-bond acceptors (Lipinski definition) is 2. The number of rotatable bonds is 2. The molecule has 1 N–H and O–H groups in total. The third kappa shape index (κ3) is 2.10. The molecule has 1 aliphatic carbocycles. The summed E-state index contributed by atoms with van der Waals surface area (Å²) in [5.74, 6) is 2.16. The predicted molar refractivity (Wildman–Crippen MR) is 69.4 cm³/mol. The Morgan fingerprint density at radius 3 is 2.35 bits per heavy atom. The van der Waals surface area contributed by atoms with Crippen molar-refractivity contribution in [3.05, 3.63) is 0 Å². The van der Waals surface area contributed by atoms with E-state index in [2.05, 4.69) is 37.9 Å². The van der Waals surface area contributed by atoms with Gasteiger partial charge in [-0.2, -0.15) is 0 Å². The van der Waals surface area contributed by atoms with Crippen LogP contribution in [0.15, 0.2) is 0 Å². The van der Waals surface area contributed by atoms with Gasteiger partial charge in [-0.15, -0.1) is 0 Å². The van der Waals surface area contributed by atoms with E-state index in [1.807, 2.05) is 6.92 Å². The van der Waals surface area contributed by atoms with E-state index < -0.39 is 0 Å². The third-order valence-electron chi connectivity index (χ3n) is 4.76. The van der Waals surface area contributed by atoms with Crippen molar-refractivity contribution in [2.24, 2.45) is 17.8 Å². The van der Waals surface area contributed by atoms with Crippen LogP contribution in [0, 0.1) is 17.8 Å². The van der Waals surface area contributed by atoms with Gasteiger partial charge in [0.2, 0.25) is 5.91 Å². The summed E-state index contributed by atoms with van der Waals surface area (Å²) in [7, 11) is 0. The highest BCUT2D eigenvalue weighted by Crippen LogP contribution is 2.37. The van der Waals surface area contributed by atoms with Crippen LogP contribution in [-0.2, 0) is 4.79 Å². The number of nitrogens with one attached hydrogen (secondary N) is 1. The van der Waals surface area contributed by atoms with Gasteiger partial charge in [-0.25, -0.2) is 0 Å². The monoisotopic (exact) mass is 238 g/mol. The summed E-state index contributed by atoms with van der Waals surface area (Å²) in [4.78, 5) is 14.5. The number of carbonyl (C=O) groups excluding carboxylic acids is 1. The second kappa shape index (κ2) is 4.60. The molecular weight excluding hydrogens is 212 g/mol.